The molecule has 3 aromatic rings. The van der Waals surface area contributed by atoms with E-state index in [2.05, 4.69) is 20.9 Å². The molecule has 0 aliphatic carbocycles. The maximum Gasteiger partial charge on any atom is 0.449 e. The zero-order valence-electron chi connectivity index (χ0n) is 12.9. The summed E-state index contributed by atoms with van der Waals surface area (Å²) >= 11 is 3.29. The first-order valence-corrected chi connectivity index (χ1v) is 8.23. The molecule has 0 amide bonds. The van der Waals surface area contributed by atoms with Crippen molar-refractivity contribution in [3.8, 4) is 5.75 Å². The van der Waals surface area contributed by atoms with Crippen LogP contribution in [0.15, 0.2) is 53.0 Å². The van der Waals surface area contributed by atoms with Gasteiger partial charge in [-0.2, -0.15) is 13.2 Å². The van der Waals surface area contributed by atoms with Crippen LogP contribution in [-0.2, 0) is 12.7 Å². The molecule has 1 N–H and O–H groups in total. The first kappa shape index (κ1) is 17.8. The van der Waals surface area contributed by atoms with Crippen molar-refractivity contribution in [2.45, 2.75) is 18.8 Å². The molecule has 0 fully saturated rings. The molecule has 0 saturated heterocycles. The number of nitrogens with zero attached hydrogens (tertiary/aromatic N) is 2. The lowest BCUT2D eigenvalue weighted by molar-refractivity contribution is -0.147. The number of alkyl halides is 3. The van der Waals surface area contributed by atoms with Gasteiger partial charge in [-0.15, -0.1) is 0 Å². The summed E-state index contributed by atoms with van der Waals surface area (Å²) in [7, 11) is 0. The van der Waals surface area contributed by atoms with E-state index >= 15 is 0 Å². The predicted octanol–water partition coefficient (Wildman–Crippen LogP) is 4.26. The second kappa shape index (κ2) is 7.05. The summed E-state index contributed by atoms with van der Waals surface area (Å²) in [5.41, 5.74) is 0.549. The zero-order valence-corrected chi connectivity index (χ0v) is 14.5. The molecular weight excluding hydrogens is 401 g/mol. The van der Waals surface area contributed by atoms with Crippen LogP contribution in [0.25, 0.3) is 11.0 Å². The van der Waals surface area contributed by atoms with Crippen molar-refractivity contribution in [1.82, 2.24) is 9.55 Å². The summed E-state index contributed by atoms with van der Waals surface area (Å²) in [4.78, 5) is 3.65. The van der Waals surface area contributed by atoms with Crippen LogP contribution < -0.4 is 4.74 Å². The molecule has 0 saturated carbocycles. The maximum absolute atomic E-state index is 13.2. The van der Waals surface area contributed by atoms with Crippen molar-refractivity contribution < 1.29 is 23.0 Å². The zero-order chi connectivity index (χ0) is 18.0. The van der Waals surface area contributed by atoms with Gasteiger partial charge in [-0.1, -0.05) is 28.1 Å². The first-order valence-electron chi connectivity index (χ1n) is 7.43. The van der Waals surface area contributed by atoms with Gasteiger partial charge in [0.1, 0.15) is 18.5 Å². The van der Waals surface area contributed by atoms with Gasteiger partial charge in [0.25, 0.3) is 0 Å². The number of rotatable bonds is 5. The molecule has 0 spiro atoms. The van der Waals surface area contributed by atoms with Gasteiger partial charge in [-0.3, -0.25) is 0 Å². The lowest BCUT2D eigenvalue weighted by Crippen LogP contribution is -2.26. The average Bonchev–Trinajstić information content (AvgIpc) is 2.93. The number of aromatic nitrogens is 2. The van der Waals surface area contributed by atoms with E-state index in [1.807, 2.05) is 0 Å². The third kappa shape index (κ3) is 4.13. The van der Waals surface area contributed by atoms with Crippen LogP contribution in [0, 0.1) is 0 Å². The van der Waals surface area contributed by atoms with Crippen molar-refractivity contribution in [1.29, 1.82) is 0 Å². The summed E-state index contributed by atoms with van der Waals surface area (Å²) in [6.07, 6.45) is -5.73. The van der Waals surface area contributed by atoms with Crippen molar-refractivity contribution in [3.63, 3.8) is 0 Å². The van der Waals surface area contributed by atoms with Gasteiger partial charge in [0.05, 0.1) is 17.6 Å². The van der Waals surface area contributed by atoms with Gasteiger partial charge < -0.3 is 14.4 Å². The monoisotopic (exact) mass is 414 g/mol. The van der Waals surface area contributed by atoms with Crippen molar-refractivity contribution >= 4 is 27.0 Å². The summed E-state index contributed by atoms with van der Waals surface area (Å²) < 4.78 is 47.0. The molecule has 2 aromatic carbocycles. The minimum Gasteiger partial charge on any atom is -0.491 e. The fourth-order valence-corrected chi connectivity index (χ4v) is 2.73. The highest BCUT2D eigenvalue weighted by atomic mass is 79.9. The number of fused-ring (bicyclic) bond motifs is 1. The highest BCUT2D eigenvalue weighted by Gasteiger charge is 2.37. The molecule has 132 valence electrons. The Morgan fingerprint density at radius 1 is 1.12 bits per heavy atom. The number of halogens is 4. The molecule has 1 aromatic heterocycles. The van der Waals surface area contributed by atoms with Crippen molar-refractivity contribution in [2.24, 2.45) is 0 Å². The third-order valence-electron chi connectivity index (χ3n) is 3.56. The SMILES string of the molecule is O[C@@H](COc1ccc(Br)cc1)Cn1c(C(F)(F)F)nc2ccccc21. The molecule has 0 aliphatic heterocycles. The predicted molar refractivity (Wildman–Crippen MR) is 90.4 cm³/mol. The number of para-hydroxylation sites is 2. The van der Waals surface area contributed by atoms with E-state index in [4.69, 9.17) is 4.74 Å². The lowest BCUT2D eigenvalue weighted by Gasteiger charge is -2.16. The minimum absolute atomic E-state index is 0.133. The Labute approximate surface area is 150 Å². The normalized spacial score (nSPS) is 13.2. The van der Waals surface area contributed by atoms with Crippen molar-refractivity contribution in [3.05, 3.63) is 58.8 Å². The number of ether oxygens (including phenoxy) is 1. The van der Waals surface area contributed by atoms with Crippen LogP contribution in [0.2, 0.25) is 0 Å². The van der Waals surface area contributed by atoms with E-state index in [1.54, 1.807) is 42.5 Å². The quantitative estimate of drug-likeness (QED) is 0.678. The highest BCUT2D eigenvalue weighted by Crippen LogP contribution is 2.31. The van der Waals surface area contributed by atoms with E-state index in [1.165, 1.54) is 6.07 Å². The second-order valence-corrected chi connectivity index (χ2v) is 6.37. The van der Waals surface area contributed by atoms with Gasteiger partial charge in [0.15, 0.2) is 0 Å². The summed E-state index contributed by atoms with van der Waals surface area (Å²) in [5, 5.41) is 10.1. The second-order valence-electron chi connectivity index (χ2n) is 5.45. The van der Waals surface area contributed by atoms with Crippen LogP contribution in [-0.4, -0.2) is 27.4 Å². The molecular formula is C17H14BrF3N2O2. The van der Waals surface area contributed by atoms with Crippen LogP contribution >= 0.6 is 15.9 Å². The van der Waals surface area contributed by atoms with Gasteiger partial charge >= 0.3 is 6.18 Å². The average molecular weight is 415 g/mol. The molecule has 25 heavy (non-hydrogen) atoms. The number of aliphatic hydroxyl groups excluding tert-OH is 1. The molecule has 3 rings (SSSR count). The molecule has 1 atom stereocenters. The number of benzene rings is 2. The lowest BCUT2D eigenvalue weighted by atomic mass is 10.3. The molecule has 1 heterocycles. The number of aliphatic hydroxyl groups is 1. The largest absolute Gasteiger partial charge is 0.491 e. The van der Waals surface area contributed by atoms with Crippen LogP contribution in [0.5, 0.6) is 5.75 Å². The molecule has 0 aliphatic rings. The van der Waals surface area contributed by atoms with Crippen molar-refractivity contribution in [2.75, 3.05) is 6.61 Å². The Morgan fingerprint density at radius 2 is 1.80 bits per heavy atom. The third-order valence-corrected chi connectivity index (χ3v) is 4.09. The number of imidazole rings is 1. The standard InChI is InChI=1S/C17H14BrF3N2O2/c18-11-5-7-13(8-6-11)25-10-12(24)9-23-15-4-2-1-3-14(15)22-16(23)17(19,20)21/h1-8,12,24H,9-10H2/t12-/m1/s1. The van der Waals surface area contributed by atoms with E-state index < -0.39 is 18.1 Å². The first-order chi connectivity index (χ1) is 11.8. The molecule has 0 unspecified atom stereocenters. The Balaban J connectivity index is 1.78. The van der Waals surface area contributed by atoms with E-state index in [0.29, 0.717) is 11.3 Å². The number of hydrogen-bond acceptors (Lipinski definition) is 3. The molecule has 0 bridgehead atoms. The van der Waals surface area contributed by atoms with Crippen LogP contribution in [0.1, 0.15) is 5.82 Å². The van der Waals surface area contributed by atoms with E-state index in [9.17, 15) is 18.3 Å². The smallest absolute Gasteiger partial charge is 0.449 e. The van der Waals surface area contributed by atoms with Gasteiger partial charge in [-0.25, -0.2) is 4.98 Å². The van der Waals surface area contributed by atoms with Gasteiger partial charge in [0, 0.05) is 4.47 Å². The summed E-state index contributed by atoms with van der Waals surface area (Å²) in [6, 6.07) is 13.2. The minimum atomic E-state index is -4.61. The Morgan fingerprint density at radius 3 is 2.48 bits per heavy atom. The fourth-order valence-electron chi connectivity index (χ4n) is 2.46. The van der Waals surface area contributed by atoms with Crippen LogP contribution in [0.3, 0.4) is 0 Å². The maximum atomic E-state index is 13.2. The highest BCUT2D eigenvalue weighted by molar-refractivity contribution is 9.10. The number of hydrogen-bond donors (Lipinski definition) is 1. The summed E-state index contributed by atoms with van der Waals surface area (Å²) in [5.74, 6) is -0.509. The molecule has 8 heteroatoms. The molecule has 0 radical (unpaired) electrons. The van der Waals surface area contributed by atoms with Gasteiger partial charge in [0.2, 0.25) is 5.82 Å². The Bertz CT molecular complexity index is 862. The van der Waals surface area contributed by atoms with E-state index in [-0.39, 0.29) is 18.7 Å². The topological polar surface area (TPSA) is 47.3 Å². The fraction of sp³-hybridized carbons (Fsp3) is 0.235. The Hall–Kier alpha value is -2.06. The summed E-state index contributed by atoms with van der Waals surface area (Å²) in [6.45, 7) is -0.405. The van der Waals surface area contributed by atoms with E-state index in [0.717, 1.165) is 9.04 Å². The van der Waals surface area contributed by atoms with Crippen LogP contribution in [0.4, 0.5) is 13.2 Å². The molecule has 4 nitrogen and oxygen atoms in total. The van der Waals surface area contributed by atoms with Gasteiger partial charge in [-0.05, 0) is 36.4 Å². The Kier molecular flexibility index (Phi) is 5.01.